The Labute approximate surface area is 130 Å². The number of hydrogen-bond acceptors (Lipinski definition) is 5. The molecule has 19 heavy (non-hydrogen) atoms. The fourth-order valence-corrected chi connectivity index (χ4v) is 2.51. The summed E-state index contributed by atoms with van der Waals surface area (Å²) in [5.41, 5.74) is 1.01. The van der Waals surface area contributed by atoms with Crippen LogP contribution in [0.4, 0.5) is 5.69 Å². The maximum atomic E-state index is 9.01. The molecule has 0 amide bonds. The van der Waals surface area contributed by atoms with Gasteiger partial charge in [-0.3, -0.25) is 0 Å². The summed E-state index contributed by atoms with van der Waals surface area (Å²) in [6, 6.07) is 5.55. The zero-order valence-electron chi connectivity index (χ0n) is 9.15. The molecule has 1 aromatic heterocycles. The zero-order valence-corrected chi connectivity index (χ0v) is 13.1. The lowest BCUT2D eigenvalue weighted by Crippen LogP contribution is -1.93. The fraction of sp³-hybridized carbons (Fsp3) is 0. The van der Waals surface area contributed by atoms with Crippen LogP contribution in [0.5, 0.6) is 0 Å². The molecule has 0 fully saturated rings. The molecule has 0 aliphatic rings. The summed E-state index contributed by atoms with van der Waals surface area (Å²) >= 11 is 12.7. The molecule has 0 aliphatic heterocycles. The van der Waals surface area contributed by atoms with Crippen LogP contribution in [0.3, 0.4) is 0 Å². The molecule has 6 nitrogen and oxygen atoms in total. The van der Waals surface area contributed by atoms with Gasteiger partial charge in [0.05, 0.1) is 5.02 Å². The molecular weight excluding hydrogens is 399 g/mol. The largest absolute Gasteiger partial charge is 0.360 e. The number of nitrogens with one attached hydrogen (secondary N) is 2. The van der Waals surface area contributed by atoms with Gasteiger partial charge in [0.2, 0.25) is 5.82 Å². The van der Waals surface area contributed by atoms with Gasteiger partial charge in [-0.05, 0) is 49.2 Å². The highest BCUT2D eigenvalue weighted by molar-refractivity contribution is 9.11. The molecule has 1 heterocycles. The SMILES string of the molecule is N#CC(=CNc1cc(Br)c(Cl)c(Br)c1)c1nn[nH]n1. The lowest BCUT2D eigenvalue weighted by molar-refractivity contribution is 0.881. The predicted octanol–water partition coefficient (Wildman–Crippen LogP) is 3.35. The summed E-state index contributed by atoms with van der Waals surface area (Å²) in [5.74, 6) is 0.224. The van der Waals surface area contributed by atoms with Crippen molar-refractivity contribution in [3.8, 4) is 6.07 Å². The summed E-state index contributed by atoms with van der Waals surface area (Å²) in [4.78, 5) is 0. The molecule has 0 radical (unpaired) electrons. The van der Waals surface area contributed by atoms with E-state index in [-0.39, 0.29) is 11.4 Å². The van der Waals surface area contributed by atoms with E-state index in [9.17, 15) is 0 Å². The van der Waals surface area contributed by atoms with Crippen LogP contribution in [0.15, 0.2) is 27.3 Å². The van der Waals surface area contributed by atoms with Crippen molar-refractivity contribution in [3.63, 3.8) is 0 Å². The number of rotatable bonds is 3. The molecule has 2 aromatic rings. The Balaban J connectivity index is 2.25. The van der Waals surface area contributed by atoms with Crippen molar-refractivity contribution in [1.82, 2.24) is 20.6 Å². The van der Waals surface area contributed by atoms with Gasteiger partial charge in [-0.25, -0.2) is 0 Å². The Hall–Kier alpha value is -1.43. The molecule has 0 unspecified atom stereocenters. The second-order valence-corrected chi connectivity index (χ2v) is 5.39. The minimum atomic E-state index is 0.224. The standard InChI is InChI=1S/C10H5Br2ClN6/c11-7-1-6(2-8(12)9(7)13)15-4-5(3-14)10-16-18-19-17-10/h1-2,4,15H,(H,16,17,18,19). The summed E-state index contributed by atoms with van der Waals surface area (Å²) in [6.07, 6.45) is 1.49. The summed E-state index contributed by atoms with van der Waals surface area (Å²) in [7, 11) is 0. The summed E-state index contributed by atoms with van der Waals surface area (Å²) < 4.78 is 1.47. The molecule has 96 valence electrons. The van der Waals surface area contributed by atoms with E-state index in [1.165, 1.54) is 6.20 Å². The highest BCUT2D eigenvalue weighted by Gasteiger charge is 2.07. The minimum absolute atomic E-state index is 0.224. The third-order valence-corrected chi connectivity index (χ3v) is 4.19. The van der Waals surface area contributed by atoms with E-state index < -0.39 is 0 Å². The molecule has 0 bridgehead atoms. The number of hydrogen-bond donors (Lipinski definition) is 2. The number of tetrazole rings is 1. The number of allylic oxidation sites excluding steroid dienone is 1. The van der Waals surface area contributed by atoms with Gasteiger partial charge in [-0.15, -0.1) is 10.2 Å². The first-order valence-corrected chi connectivity index (χ1v) is 6.83. The van der Waals surface area contributed by atoms with Gasteiger partial charge in [0.15, 0.2) is 0 Å². The first kappa shape index (κ1) is 14.0. The monoisotopic (exact) mass is 402 g/mol. The maximum absolute atomic E-state index is 9.01. The van der Waals surface area contributed by atoms with Crippen molar-refractivity contribution in [2.24, 2.45) is 0 Å². The number of aromatic amines is 1. The van der Waals surface area contributed by atoms with Crippen LogP contribution in [0.25, 0.3) is 5.57 Å². The summed E-state index contributed by atoms with van der Waals surface area (Å²) in [6.45, 7) is 0. The molecule has 0 saturated heterocycles. The summed E-state index contributed by atoms with van der Waals surface area (Å²) in [5, 5.41) is 25.7. The molecule has 2 rings (SSSR count). The Morgan fingerprint density at radius 3 is 2.63 bits per heavy atom. The second-order valence-electron chi connectivity index (χ2n) is 3.30. The van der Waals surface area contributed by atoms with E-state index in [2.05, 4.69) is 57.8 Å². The quantitative estimate of drug-likeness (QED) is 0.605. The van der Waals surface area contributed by atoms with Gasteiger partial charge in [0.1, 0.15) is 11.6 Å². The van der Waals surface area contributed by atoms with Crippen LogP contribution in [0, 0.1) is 11.3 Å². The number of benzene rings is 1. The number of aromatic nitrogens is 4. The topological polar surface area (TPSA) is 90.3 Å². The average Bonchev–Trinajstić information content (AvgIpc) is 2.90. The van der Waals surface area contributed by atoms with Crippen molar-refractivity contribution in [3.05, 3.63) is 38.1 Å². The zero-order chi connectivity index (χ0) is 13.8. The van der Waals surface area contributed by atoms with Crippen molar-refractivity contribution in [1.29, 1.82) is 5.26 Å². The van der Waals surface area contributed by atoms with Crippen LogP contribution in [0.1, 0.15) is 5.82 Å². The first-order valence-electron chi connectivity index (χ1n) is 4.87. The van der Waals surface area contributed by atoms with Crippen LogP contribution >= 0.6 is 43.5 Å². The molecule has 0 saturated carbocycles. The molecule has 1 aromatic carbocycles. The number of nitrogens with zero attached hydrogens (tertiary/aromatic N) is 4. The molecular formula is C10H5Br2ClN6. The molecule has 0 aliphatic carbocycles. The lowest BCUT2D eigenvalue weighted by Gasteiger charge is -2.05. The van der Waals surface area contributed by atoms with Gasteiger partial charge in [-0.2, -0.15) is 10.5 Å². The first-order chi connectivity index (χ1) is 9.11. The van der Waals surface area contributed by atoms with Crippen LogP contribution < -0.4 is 5.32 Å². The van der Waals surface area contributed by atoms with E-state index in [1.54, 1.807) is 12.1 Å². The van der Waals surface area contributed by atoms with E-state index in [0.717, 1.165) is 14.6 Å². The molecule has 0 atom stereocenters. The highest BCUT2D eigenvalue weighted by atomic mass is 79.9. The Bertz CT molecular complexity index is 638. The Morgan fingerprint density at radius 2 is 2.11 bits per heavy atom. The molecule has 2 N–H and O–H groups in total. The number of H-pyrrole nitrogens is 1. The third-order valence-electron chi connectivity index (χ3n) is 2.07. The van der Waals surface area contributed by atoms with Gasteiger partial charge in [0, 0.05) is 20.8 Å². The van der Waals surface area contributed by atoms with Crippen molar-refractivity contribution < 1.29 is 0 Å². The maximum Gasteiger partial charge on any atom is 0.216 e. The van der Waals surface area contributed by atoms with Gasteiger partial charge in [0.25, 0.3) is 0 Å². The Morgan fingerprint density at radius 1 is 1.42 bits per heavy atom. The smallest absolute Gasteiger partial charge is 0.216 e. The number of nitriles is 1. The fourth-order valence-electron chi connectivity index (χ4n) is 1.22. The highest BCUT2D eigenvalue weighted by Crippen LogP contribution is 2.33. The third kappa shape index (κ3) is 3.32. The number of anilines is 1. The van der Waals surface area contributed by atoms with Gasteiger partial charge < -0.3 is 5.32 Å². The average molecular weight is 404 g/mol. The van der Waals surface area contributed by atoms with Crippen LogP contribution in [0.2, 0.25) is 5.02 Å². The minimum Gasteiger partial charge on any atom is -0.360 e. The van der Waals surface area contributed by atoms with Crippen molar-refractivity contribution in [2.75, 3.05) is 5.32 Å². The molecule has 9 heteroatoms. The van der Waals surface area contributed by atoms with E-state index in [0.29, 0.717) is 5.02 Å². The predicted molar refractivity (Wildman–Crippen MR) is 78.2 cm³/mol. The van der Waals surface area contributed by atoms with Crippen LogP contribution in [-0.4, -0.2) is 20.6 Å². The van der Waals surface area contributed by atoms with Crippen molar-refractivity contribution in [2.45, 2.75) is 0 Å². The van der Waals surface area contributed by atoms with Gasteiger partial charge >= 0.3 is 0 Å². The normalized spacial score (nSPS) is 11.2. The molecule has 0 spiro atoms. The van der Waals surface area contributed by atoms with Crippen molar-refractivity contribution >= 4 is 54.7 Å². The van der Waals surface area contributed by atoms with E-state index >= 15 is 0 Å². The van der Waals surface area contributed by atoms with E-state index in [1.807, 2.05) is 6.07 Å². The van der Waals surface area contributed by atoms with Gasteiger partial charge in [-0.1, -0.05) is 11.6 Å². The van der Waals surface area contributed by atoms with Crippen LogP contribution in [-0.2, 0) is 0 Å². The van der Waals surface area contributed by atoms with E-state index in [4.69, 9.17) is 16.9 Å². The lowest BCUT2D eigenvalue weighted by atomic mass is 10.3. The number of halogens is 3. The second kappa shape index (κ2) is 6.14. The Kier molecular flexibility index (Phi) is 4.52.